The fourth-order valence-corrected chi connectivity index (χ4v) is 2.13. The highest BCUT2D eigenvalue weighted by atomic mass is 16.5. The monoisotopic (exact) mass is 251 g/mol. The van der Waals surface area contributed by atoms with Gasteiger partial charge in [0.05, 0.1) is 19.0 Å². The van der Waals surface area contributed by atoms with Gasteiger partial charge in [-0.25, -0.2) is 15.0 Å². The van der Waals surface area contributed by atoms with E-state index >= 15 is 0 Å². The Bertz CT molecular complexity index is 572. The van der Waals surface area contributed by atoms with Gasteiger partial charge < -0.3 is 20.7 Å². The van der Waals surface area contributed by atoms with Gasteiger partial charge in [-0.2, -0.15) is 0 Å². The van der Waals surface area contributed by atoms with Crippen LogP contribution in [0.5, 0.6) is 0 Å². The number of aliphatic hydroxyl groups excluding tert-OH is 2. The highest BCUT2D eigenvalue weighted by molar-refractivity contribution is 5.81. The lowest BCUT2D eigenvalue weighted by Gasteiger charge is -2.13. The van der Waals surface area contributed by atoms with Gasteiger partial charge in [-0.15, -0.1) is 0 Å². The number of fused-ring (bicyclic) bond motifs is 1. The van der Waals surface area contributed by atoms with Gasteiger partial charge in [0.15, 0.2) is 11.5 Å². The first-order valence-electron chi connectivity index (χ1n) is 5.58. The van der Waals surface area contributed by atoms with Crippen molar-refractivity contribution in [2.45, 2.75) is 24.9 Å². The third-order valence-electron chi connectivity index (χ3n) is 3.08. The first kappa shape index (κ1) is 11.3. The second kappa shape index (κ2) is 4.16. The lowest BCUT2D eigenvalue weighted by molar-refractivity contribution is -0.0432. The second-order valence-electron chi connectivity index (χ2n) is 4.20. The summed E-state index contributed by atoms with van der Waals surface area (Å²) in [6.07, 6.45) is 1.60. The van der Waals surface area contributed by atoms with Crippen LogP contribution >= 0.6 is 0 Å². The number of imidazole rings is 1. The van der Waals surface area contributed by atoms with Gasteiger partial charge in [0.2, 0.25) is 0 Å². The molecule has 3 rings (SSSR count). The minimum atomic E-state index is -0.698. The summed E-state index contributed by atoms with van der Waals surface area (Å²) in [6, 6.07) is 0. The van der Waals surface area contributed by atoms with Gasteiger partial charge in [-0.05, 0) is 0 Å². The molecule has 0 radical (unpaired) electrons. The van der Waals surface area contributed by atoms with E-state index in [9.17, 15) is 5.11 Å². The quantitative estimate of drug-likeness (QED) is 0.629. The zero-order chi connectivity index (χ0) is 12.7. The smallest absolute Gasteiger partial charge is 0.167 e. The molecule has 96 valence electrons. The van der Waals surface area contributed by atoms with Crippen LogP contribution in [-0.4, -0.2) is 48.5 Å². The van der Waals surface area contributed by atoms with Crippen LogP contribution in [0.3, 0.4) is 0 Å². The summed E-state index contributed by atoms with van der Waals surface area (Å²) in [6.45, 7) is -0.221. The van der Waals surface area contributed by atoms with Crippen LogP contribution < -0.4 is 5.73 Å². The summed E-state index contributed by atoms with van der Waals surface area (Å²) in [4.78, 5) is 12.1. The van der Waals surface area contributed by atoms with Crippen LogP contribution in [0.2, 0.25) is 0 Å². The van der Waals surface area contributed by atoms with Gasteiger partial charge in [-0.1, -0.05) is 0 Å². The number of aromatic nitrogens is 4. The topological polar surface area (TPSA) is 119 Å². The summed E-state index contributed by atoms with van der Waals surface area (Å²) < 4.78 is 7.22. The Labute approximate surface area is 102 Å². The zero-order valence-corrected chi connectivity index (χ0v) is 9.47. The van der Waals surface area contributed by atoms with Crippen molar-refractivity contribution in [3.8, 4) is 0 Å². The summed E-state index contributed by atoms with van der Waals surface area (Å²) in [5.74, 6) is 0.302. The molecule has 0 saturated carbocycles. The molecule has 18 heavy (non-hydrogen) atoms. The Balaban J connectivity index is 1.99. The molecular weight excluding hydrogens is 238 g/mol. The molecular formula is C10H13N5O3. The predicted molar refractivity (Wildman–Crippen MR) is 61.4 cm³/mol. The zero-order valence-electron chi connectivity index (χ0n) is 9.47. The molecule has 8 nitrogen and oxygen atoms in total. The summed E-state index contributed by atoms with van der Waals surface area (Å²) in [5, 5.41) is 18.8. The van der Waals surface area contributed by atoms with Gasteiger partial charge >= 0.3 is 0 Å². The van der Waals surface area contributed by atoms with Gasteiger partial charge in [0.25, 0.3) is 0 Å². The molecule has 3 heterocycles. The molecule has 0 aliphatic carbocycles. The molecule has 2 aromatic rings. The Hall–Kier alpha value is -1.77. The molecule has 8 heteroatoms. The summed E-state index contributed by atoms with van der Waals surface area (Å²) in [7, 11) is 0. The van der Waals surface area contributed by atoms with Crippen molar-refractivity contribution >= 4 is 17.0 Å². The number of nitrogens with two attached hydrogens (primary N) is 1. The van der Waals surface area contributed by atoms with Crippen molar-refractivity contribution in [2.24, 2.45) is 0 Å². The Morgan fingerprint density at radius 2 is 2.28 bits per heavy atom. The maximum atomic E-state index is 9.71. The molecule has 1 fully saturated rings. The Morgan fingerprint density at radius 3 is 3.00 bits per heavy atom. The van der Waals surface area contributed by atoms with E-state index in [0.29, 0.717) is 23.4 Å². The highest BCUT2D eigenvalue weighted by Gasteiger charge is 2.35. The Morgan fingerprint density at radius 1 is 1.44 bits per heavy atom. The number of nitrogens with zero attached hydrogens (tertiary/aromatic N) is 4. The molecule has 4 N–H and O–H groups in total. The third-order valence-corrected chi connectivity index (χ3v) is 3.08. The van der Waals surface area contributed by atoms with Crippen LogP contribution in [0.4, 0.5) is 5.82 Å². The second-order valence-corrected chi connectivity index (χ2v) is 4.20. The van der Waals surface area contributed by atoms with E-state index in [0.717, 1.165) is 0 Å². The SMILES string of the molecule is Nc1ncnc2c1ncn2C1C[C@H](O)C(CO)O1. The molecule has 0 spiro atoms. The molecule has 0 amide bonds. The van der Waals surface area contributed by atoms with Gasteiger partial charge in [0, 0.05) is 6.42 Å². The molecule has 2 aromatic heterocycles. The fraction of sp³-hybridized carbons (Fsp3) is 0.500. The van der Waals surface area contributed by atoms with Gasteiger partial charge in [0.1, 0.15) is 24.2 Å². The van der Waals surface area contributed by atoms with E-state index < -0.39 is 18.4 Å². The first-order chi connectivity index (χ1) is 8.70. The van der Waals surface area contributed by atoms with E-state index in [-0.39, 0.29) is 6.61 Å². The highest BCUT2D eigenvalue weighted by Crippen LogP contribution is 2.30. The molecule has 0 bridgehead atoms. The van der Waals surface area contributed by atoms with Crippen molar-refractivity contribution < 1.29 is 14.9 Å². The summed E-state index contributed by atoms with van der Waals surface area (Å²) in [5.41, 5.74) is 6.75. The van der Waals surface area contributed by atoms with Crippen LogP contribution in [0, 0.1) is 0 Å². The first-order valence-corrected chi connectivity index (χ1v) is 5.58. The molecule has 1 aliphatic heterocycles. The van der Waals surface area contributed by atoms with E-state index in [4.69, 9.17) is 15.6 Å². The van der Waals surface area contributed by atoms with Crippen LogP contribution in [0.1, 0.15) is 12.6 Å². The fourth-order valence-electron chi connectivity index (χ4n) is 2.13. The standard InChI is InChI=1S/C10H13N5O3/c11-9-8-10(13-3-12-9)15(4-14-8)7-1-5(17)6(2-16)18-7/h3-7,16-17H,1-2H2,(H2,11,12,13)/t5-,6?,7?/m0/s1. The minimum absolute atomic E-state index is 0.221. The molecule has 3 atom stereocenters. The largest absolute Gasteiger partial charge is 0.394 e. The van der Waals surface area contributed by atoms with Gasteiger partial charge in [-0.3, -0.25) is 4.57 Å². The number of rotatable bonds is 2. The Kier molecular flexibility index (Phi) is 2.62. The number of ether oxygens (including phenoxy) is 1. The van der Waals surface area contributed by atoms with Crippen LogP contribution in [-0.2, 0) is 4.74 Å². The number of hydrogen-bond donors (Lipinski definition) is 3. The average Bonchev–Trinajstić information content (AvgIpc) is 2.93. The number of nitrogen functional groups attached to an aromatic ring is 1. The number of hydrogen-bond acceptors (Lipinski definition) is 7. The van der Waals surface area contributed by atoms with E-state index in [1.54, 1.807) is 10.9 Å². The molecule has 2 unspecified atom stereocenters. The maximum absolute atomic E-state index is 9.71. The van der Waals surface area contributed by atoms with Crippen LogP contribution in [0.25, 0.3) is 11.2 Å². The van der Waals surface area contributed by atoms with Crippen molar-refractivity contribution in [1.82, 2.24) is 19.5 Å². The maximum Gasteiger partial charge on any atom is 0.167 e. The number of anilines is 1. The van der Waals surface area contributed by atoms with Crippen LogP contribution in [0.15, 0.2) is 12.7 Å². The average molecular weight is 251 g/mol. The minimum Gasteiger partial charge on any atom is -0.394 e. The van der Waals surface area contributed by atoms with Crippen molar-refractivity contribution in [2.75, 3.05) is 12.3 Å². The van der Waals surface area contributed by atoms with Crippen molar-refractivity contribution in [1.29, 1.82) is 0 Å². The van der Waals surface area contributed by atoms with E-state index in [2.05, 4.69) is 15.0 Å². The molecule has 1 saturated heterocycles. The van der Waals surface area contributed by atoms with Crippen molar-refractivity contribution in [3.63, 3.8) is 0 Å². The number of aliphatic hydroxyl groups is 2. The summed E-state index contributed by atoms with van der Waals surface area (Å²) >= 11 is 0. The predicted octanol–water partition coefficient (Wildman–Crippen LogP) is -0.951. The lowest BCUT2D eigenvalue weighted by atomic mass is 10.2. The molecule has 1 aliphatic rings. The molecule has 0 aromatic carbocycles. The van der Waals surface area contributed by atoms with E-state index in [1.807, 2.05) is 0 Å². The lowest BCUT2D eigenvalue weighted by Crippen LogP contribution is -2.24. The normalized spacial score (nSPS) is 28.0. The van der Waals surface area contributed by atoms with E-state index in [1.165, 1.54) is 6.33 Å². The van der Waals surface area contributed by atoms with Crippen molar-refractivity contribution in [3.05, 3.63) is 12.7 Å². The third kappa shape index (κ3) is 1.62.